The maximum Gasteiger partial charge on any atom is 0.153 e. The van der Waals surface area contributed by atoms with Gasteiger partial charge in [0, 0.05) is 30.1 Å². The SMILES string of the molecule is CC(C)c1ccc(-c2ccc(C[C@H](C)c3cnc(N4CCS(=O)(=O)CC4)cn3)cn2)s1. The molecule has 4 heterocycles. The molecular weight excluding hydrogens is 428 g/mol. The second kappa shape index (κ2) is 9.04. The van der Waals surface area contributed by atoms with E-state index < -0.39 is 9.84 Å². The second-order valence-electron chi connectivity index (χ2n) is 8.45. The van der Waals surface area contributed by atoms with Crippen LogP contribution in [0, 0.1) is 0 Å². The number of rotatable bonds is 6. The summed E-state index contributed by atoms with van der Waals surface area (Å²) in [6.45, 7) is 7.51. The first-order chi connectivity index (χ1) is 14.8. The van der Waals surface area contributed by atoms with Crippen molar-refractivity contribution in [1.82, 2.24) is 15.0 Å². The fourth-order valence-corrected chi connectivity index (χ4v) is 5.83. The molecule has 1 aliphatic rings. The molecule has 3 aromatic rings. The van der Waals surface area contributed by atoms with E-state index in [2.05, 4.69) is 60.0 Å². The lowest BCUT2D eigenvalue weighted by atomic mass is 9.99. The van der Waals surface area contributed by atoms with E-state index in [0.717, 1.165) is 23.6 Å². The summed E-state index contributed by atoms with van der Waals surface area (Å²) in [5.41, 5.74) is 3.11. The first kappa shape index (κ1) is 21.9. The summed E-state index contributed by atoms with van der Waals surface area (Å²) < 4.78 is 23.2. The van der Waals surface area contributed by atoms with E-state index in [9.17, 15) is 8.42 Å². The van der Waals surface area contributed by atoms with Gasteiger partial charge in [-0.25, -0.2) is 13.4 Å². The molecule has 1 saturated heterocycles. The number of anilines is 1. The maximum absolute atomic E-state index is 11.6. The van der Waals surface area contributed by atoms with Crippen LogP contribution in [-0.2, 0) is 16.3 Å². The molecule has 0 aliphatic carbocycles. The molecule has 0 aromatic carbocycles. The van der Waals surface area contributed by atoms with Crippen LogP contribution in [0.3, 0.4) is 0 Å². The van der Waals surface area contributed by atoms with Crippen LogP contribution in [0.4, 0.5) is 5.82 Å². The molecule has 4 rings (SSSR count). The van der Waals surface area contributed by atoms with Crippen molar-refractivity contribution in [3.8, 4) is 10.6 Å². The molecule has 1 aliphatic heterocycles. The highest BCUT2D eigenvalue weighted by molar-refractivity contribution is 7.91. The molecule has 164 valence electrons. The summed E-state index contributed by atoms with van der Waals surface area (Å²) >= 11 is 1.81. The Morgan fingerprint density at radius 2 is 1.74 bits per heavy atom. The van der Waals surface area contributed by atoms with Gasteiger partial charge >= 0.3 is 0 Å². The Morgan fingerprint density at radius 3 is 2.32 bits per heavy atom. The number of pyridine rings is 1. The minimum atomic E-state index is -2.90. The third-order valence-corrected chi connectivity index (χ3v) is 8.66. The number of hydrogen-bond acceptors (Lipinski definition) is 7. The van der Waals surface area contributed by atoms with E-state index in [0.29, 0.717) is 19.0 Å². The molecule has 1 fully saturated rings. The summed E-state index contributed by atoms with van der Waals surface area (Å²) in [5.74, 6) is 1.85. The van der Waals surface area contributed by atoms with Gasteiger partial charge in [-0.1, -0.05) is 26.8 Å². The summed E-state index contributed by atoms with van der Waals surface area (Å²) in [7, 11) is -2.90. The second-order valence-corrected chi connectivity index (χ2v) is 11.9. The molecule has 6 nitrogen and oxygen atoms in total. The Morgan fingerprint density at radius 1 is 0.968 bits per heavy atom. The Hall–Kier alpha value is -2.32. The molecule has 0 radical (unpaired) electrons. The molecule has 8 heteroatoms. The van der Waals surface area contributed by atoms with E-state index in [1.807, 2.05) is 17.3 Å². The smallest absolute Gasteiger partial charge is 0.153 e. The molecule has 0 N–H and O–H groups in total. The third-order valence-electron chi connectivity index (χ3n) is 5.65. The predicted molar refractivity (Wildman–Crippen MR) is 127 cm³/mol. The van der Waals surface area contributed by atoms with Crippen LogP contribution in [0.25, 0.3) is 10.6 Å². The lowest BCUT2D eigenvalue weighted by Gasteiger charge is -2.27. The lowest BCUT2D eigenvalue weighted by molar-refractivity contribution is 0.586. The highest BCUT2D eigenvalue weighted by Crippen LogP contribution is 2.31. The van der Waals surface area contributed by atoms with Crippen LogP contribution in [-0.4, -0.2) is 48.0 Å². The zero-order valence-electron chi connectivity index (χ0n) is 18.2. The third kappa shape index (κ3) is 5.30. The monoisotopic (exact) mass is 456 g/mol. The first-order valence-corrected chi connectivity index (χ1v) is 13.3. The van der Waals surface area contributed by atoms with Gasteiger partial charge < -0.3 is 4.90 Å². The quantitative estimate of drug-likeness (QED) is 0.550. The summed E-state index contributed by atoms with van der Waals surface area (Å²) in [6.07, 6.45) is 6.36. The summed E-state index contributed by atoms with van der Waals surface area (Å²) in [6, 6.07) is 8.58. The Kier molecular flexibility index (Phi) is 6.39. The average Bonchev–Trinajstić information content (AvgIpc) is 3.25. The highest BCUT2D eigenvalue weighted by Gasteiger charge is 2.22. The minimum Gasteiger partial charge on any atom is -0.353 e. The van der Waals surface area contributed by atoms with Crippen molar-refractivity contribution >= 4 is 27.0 Å². The van der Waals surface area contributed by atoms with Gasteiger partial charge in [0.2, 0.25) is 0 Å². The van der Waals surface area contributed by atoms with E-state index in [-0.39, 0.29) is 17.4 Å². The van der Waals surface area contributed by atoms with E-state index in [1.54, 1.807) is 17.5 Å². The molecule has 0 bridgehead atoms. The molecule has 0 amide bonds. The fraction of sp³-hybridized carbons (Fsp3) is 0.435. The van der Waals surface area contributed by atoms with Crippen LogP contribution in [0.15, 0.2) is 42.9 Å². The van der Waals surface area contributed by atoms with Crippen molar-refractivity contribution in [3.63, 3.8) is 0 Å². The lowest BCUT2D eigenvalue weighted by Crippen LogP contribution is -2.40. The van der Waals surface area contributed by atoms with Gasteiger partial charge in [-0.05, 0) is 36.1 Å². The van der Waals surface area contributed by atoms with Crippen molar-refractivity contribution in [3.05, 3.63) is 59.0 Å². The molecule has 0 unspecified atom stereocenters. The van der Waals surface area contributed by atoms with Crippen LogP contribution in [0.5, 0.6) is 0 Å². The molecule has 0 saturated carbocycles. The molecule has 3 aromatic heterocycles. The number of sulfone groups is 1. The van der Waals surface area contributed by atoms with Crippen molar-refractivity contribution in [1.29, 1.82) is 0 Å². The topological polar surface area (TPSA) is 76.1 Å². The van der Waals surface area contributed by atoms with Crippen LogP contribution in [0.1, 0.15) is 48.7 Å². The molecule has 0 spiro atoms. The highest BCUT2D eigenvalue weighted by atomic mass is 32.2. The van der Waals surface area contributed by atoms with Crippen LogP contribution < -0.4 is 4.90 Å². The van der Waals surface area contributed by atoms with Crippen molar-refractivity contribution in [2.45, 2.75) is 39.0 Å². The van der Waals surface area contributed by atoms with E-state index >= 15 is 0 Å². The van der Waals surface area contributed by atoms with Crippen LogP contribution >= 0.6 is 11.3 Å². The van der Waals surface area contributed by atoms with Crippen molar-refractivity contribution in [2.75, 3.05) is 29.5 Å². The van der Waals surface area contributed by atoms with E-state index in [4.69, 9.17) is 0 Å². The van der Waals surface area contributed by atoms with Crippen molar-refractivity contribution in [2.24, 2.45) is 0 Å². The average molecular weight is 457 g/mol. The normalized spacial score (nSPS) is 17.1. The van der Waals surface area contributed by atoms with Gasteiger partial charge in [-0.2, -0.15) is 0 Å². The number of thiophene rings is 1. The minimum absolute atomic E-state index is 0.181. The van der Waals surface area contributed by atoms with E-state index in [1.165, 1.54) is 15.3 Å². The molecule has 1 atom stereocenters. The maximum atomic E-state index is 11.6. The molecule has 31 heavy (non-hydrogen) atoms. The number of aromatic nitrogens is 3. The number of nitrogens with zero attached hydrogens (tertiary/aromatic N) is 4. The summed E-state index contributed by atoms with van der Waals surface area (Å²) in [4.78, 5) is 18.4. The zero-order chi connectivity index (χ0) is 22.0. The largest absolute Gasteiger partial charge is 0.353 e. The zero-order valence-corrected chi connectivity index (χ0v) is 19.8. The summed E-state index contributed by atoms with van der Waals surface area (Å²) in [5, 5.41) is 0. The van der Waals surface area contributed by atoms with Gasteiger partial charge in [0.05, 0.1) is 40.2 Å². The number of hydrogen-bond donors (Lipinski definition) is 0. The van der Waals surface area contributed by atoms with Crippen molar-refractivity contribution < 1.29 is 8.42 Å². The predicted octanol–water partition coefficient (Wildman–Crippen LogP) is 4.30. The molecular formula is C23H28N4O2S2. The van der Waals surface area contributed by atoms with Crippen LogP contribution in [0.2, 0.25) is 0 Å². The fourth-order valence-electron chi connectivity index (χ4n) is 3.64. The van der Waals surface area contributed by atoms with Gasteiger partial charge in [0.1, 0.15) is 5.82 Å². The standard InChI is InChI=1S/C23H28N4O2S2/c1-16(2)21-6-7-22(30-21)19-5-4-18(13-24-19)12-17(3)20-14-26-23(15-25-20)27-8-10-31(28,29)11-9-27/h4-7,13-17H,8-12H2,1-3H3/t17-/m0/s1. The first-order valence-electron chi connectivity index (χ1n) is 10.6. The van der Waals surface area contributed by atoms with Gasteiger partial charge in [0.15, 0.2) is 9.84 Å². The van der Waals surface area contributed by atoms with Gasteiger partial charge in [-0.3, -0.25) is 9.97 Å². The Balaban J connectivity index is 1.38. The van der Waals surface area contributed by atoms with Gasteiger partial charge in [0.25, 0.3) is 0 Å². The Bertz CT molecular complexity index is 1110. The Labute approximate surface area is 188 Å². The van der Waals surface area contributed by atoms with Gasteiger partial charge in [-0.15, -0.1) is 11.3 Å².